The zero-order valence-electron chi connectivity index (χ0n) is 36.4. The number of furan rings is 2. The van der Waals surface area contributed by atoms with Crippen molar-refractivity contribution in [1.29, 1.82) is 0 Å². The standard InChI is InChI=1S/C59H46N2O2/c1-34(2)41-31-39-23-27-48-52(60(42-25-21-35(3)37(5)29-42)50-17-11-15-46-44-13-7-9-19-54(44)62-58(46)50)33-53(49-28-24-40(32-41)56(39)57(48)49)61(43-26-22-36(4)38(6)30-43)51-18-12-16-47-45-14-8-10-20-55(45)63-59(47)51/h7-34H,1-6H3. The summed E-state index contributed by atoms with van der Waals surface area (Å²) in [6.45, 7) is 13.3. The van der Waals surface area contributed by atoms with Crippen LogP contribution < -0.4 is 9.80 Å². The first-order valence-corrected chi connectivity index (χ1v) is 22.0. The predicted molar refractivity (Wildman–Crippen MR) is 267 cm³/mol. The van der Waals surface area contributed by atoms with Crippen molar-refractivity contribution in [2.75, 3.05) is 9.80 Å². The molecule has 0 aliphatic rings. The number of fused-ring (bicyclic) bond motifs is 6. The number of hydrogen-bond donors (Lipinski definition) is 0. The van der Waals surface area contributed by atoms with Crippen LogP contribution in [0.15, 0.2) is 173 Å². The van der Waals surface area contributed by atoms with Crippen LogP contribution in [0.4, 0.5) is 34.1 Å². The van der Waals surface area contributed by atoms with Crippen LogP contribution in [0.5, 0.6) is 0 Å². The molecule has 0 N–H and O–H groups in total. The van der Waals surface area contributed by atoms with Gasteiger partial charge >= 0.3 is 0 Å². The maximum Gasteiger partial charge on any atom is 0.159 e. The Labute approximate surface area is 366 Å². The predicted octanol–water partition coefficient (Wildman–Crippen LogP) is 17.7. The fraction of sp³-hybridized carbons (Fsp3) is 0.119. The third-order valence-electron chi connectivity index (χ3n) is 13.6. The Balaban J connectivity index is 1.26. The molecule has 0 amide bonds. The smallest absolute Gasteiger partial charge is 0.159 e. The Kier molecular flexibility index (Phi) is 8.26. The Morgan fingerprint density at radius 1 is 0.365 bits per heavy atom. The molecule has 0 radical (unpaired) electrons. The normalized spacial score (nSPS) is 12.1. The van der Waals surface area contributed by atoms with E-state index in [2.05, 4.69) is 203 Å². The van der Waals surface area contributed by atoms with Gasteiger partial charge in [0.25, 0.3) is 0 Å². The highest BCUT2D eigenvalue weighted by Gasteiger charge is 2.28. The Morgan fingerprint density at radius 3 is 1.29 bits per heavy atom. The minimum atomic E-state index is 0.396. The molecule has 0 bridgehead atoms. The summed E-state index contributed by atoms with van der Waals surface area (Å²) in [6.07, 6.45) is 0. The first kappa shape index (κ1) is 37.2. The summed E-state index contributed by atoms with van der Waals surface area (Å²) < 4.78 is 13.8. The number of hydrogen-bond acceptors (Lipinski definition) is 4. The van der Waals surface area contributed by atoms with E-state index >= 15 is 0 Å². The van der Waals surface area contributed by atoms with Crippen molar-refractivity contribution in [3.8, 4) is 0 Å². The van der Waals surface area contributed by atoms with Crippen molar-refractivity contribution in [2.24, 2.45) is 0 Å². The molecule has 0 aliphatic heterocycles. The Hall–Kier alpha value is -7.56. The number of nitrogens with zero attached hydrogens (tertiary/aromatic N) is 2. The summed E-state index contributed by atoms with van der Waals surface area (Å²) in [6, 6.07) is 60.0. The second-order valence-corrected chi connectivity index (χ2v) is 17.7. The van der Waals surface area contributed by atoms with E-state index in [9.17, 15) is 0 Å². The van der Waals surface area contributed by atoms with Crippen LogP contribution in [0.2, 0.25) is 0 Å². The van der Waals surface area contributed by atoms with Crippen LogP contribution >= 0.6 is 0 Å². The van der Waals surface area contributed by atoms with Gasteiger partial charge in [-0.05, 0) is 132 Å². The summed E-state index contributed by atoms with van der Waals surface area (Å²) in [5, 5.41) is 11.7. The molecule has 0 atom stereocenters. The molecule has 0 saturated carbocycles. The van der Waals surface area contributed by atoms with E-state index in [0.29, 0.717) is 5.92 Å². The second-order valence-electron chi connectivity index (χ2n) is 17.7. The van der Waals surface area contributed by atoms with Crippen LogP contribution in [-0.2, 0) is 0 Å². The SMILES string of the molecule is Cc1ccc(N(c2cc(N(c3ccc(C)c(C)c3)c3cccc4c3oc3ccccc34)c3ccc4cc(C(C)C)cc5ccc2c3c54)c2cccc3c2oc2ccccc23)cc1C. The van der Waals surface area contributed by atoms with Gasteiger partial charge in [0.1, 0.15) is 11.2 Å². The Bertz CT molecular complexity index is 3550. The van der Waals surface area contributed by atoms with Gasteiger partial charge in [-0.2, -0.15) is 0 Å². The molecular weight excluding hydrogens is 769 g/mol. The van der Waals surface area contributed by atoms with Gasteiger partial charge in [0.15, 0.2) is 11.2 Å². The lowest BCUT2D eigenvalue weighted by atomic mass is 9.88. The van der Waals surface area contributed by atoms with Gasteiger partial charge in [-0.3, -0.25) is 0 Å². The summed E-state index contributed by atoms with van der Waals surface area (Å²) >= 11 is 0. The highest BCUT2D eigenvalue weighted by molar-refractivity contribution is 6.29. The number of aryl methyl sites for hydroxylation is 4. The quantitative estimate of drug-likeness (QED) is 0.150. The fourth-order valence-electron chi connectivity index (χ4n) is 9.97. The molecule has 0 aliphatic carbocycles. The van der Waals surface area contributed by atoms with Gasteiger partial charge in [-0.1, -0.05) is 123 Å². The average molecular weight is 815 g/mol. The lowest BCUT2D eigenvalue weighted by Crippen LogP contribution is -2.15. The topological polar surface area (TPSA) is 32.8 Å². The third kappa shape index (κ3) is 5.67. The van der Waals surface area contributed by atoms with Crippen LogP contribution in [0.25, 0.3) is 76.2 Å². The van der Waals surface area contributed by atoms with Crippen molar-refractivity contribution in [3.63, 3.8) is 0 Å². The molecule has 0 fully saturated rings. The molecule has 0 unspecified atom stereocenters. The summed E-state index contributed by atoms with van der Waals surface area (Å²) in [5.41, 5.74) is 15.9. The second kappa shape index (κ2) is 14.0. The fourth-order valence-corrected chi connectivity index (χ4v) is 9.97. The third-order valence-corrected chi connectivity index (χ3v) is 13.6. The highest BCUT2D eigenvalue weighted by Crippen LogP contribution is 2.53. The summed E-state index contributed by atoms with van der Waals surface area (Å²) in [4.78, 5) is 4.87. The average Bonchev–Trinajstić information content (AvgIpc) is 3.88. The molecule has 4 heteroatoms. The zero-order chi connectivity index (χ0) is 42.7. The van der Waals surface area contributed by atoms with E-state index in [1.807, 2.05) is 12.1 Å². The van der Waals surface area contributed by atoms with E-state index in [1.54, 1.807) is 0 Å². The van der Waals surface area contributed by atoms with Crippen molar-refractivity contribution < 1.29 is 8.83 Å². The molecule has 63 heavy (non-hydrogen) atoms. The Morgan fingerprint density at radius 2 is 0.825 bits per heavy atom. The summed E-state index contributed by atoms with van der Waals surface area (Å²) in [7, 11) is 0. The highest BCUT2D eigenvalue weighted by atomic mass is 16.3. The largest absolute Gasteiger partial charge is 0.454 e. The van der Waals surface area contributed by atoms with Crippen LogP contribution in [0, 0.1) is 27.7 Å². The number of anilines is 6. The molecule has 12 aromatic rings. The van der Waals surface area contributed by atoms with Crippen molar-refractivity contribution in [2.45, 2.75) is 47.5 Å². The monoisotopic (exact) mass is 814 g/mol. The molecule has 304 valence electrons. The zero-order valence-corrected chi connectivity index (χ0v) is 36.4. The van der Waals surface area contributed by atoms with E-state index in [0.717, 1.165) is 88.8 Å². The van der Waals surface area contributed by atoms with Crippen molar-refractivity contribution >= 4 is 110 Å². The van der Waals surface area contributed by atoms with Crippen molar-refractivity contribution in [1.82, 2.24) is 0 Å². The molecule has 2 aromatic heterocycles. The van der Waals surface area contributed by atoms with E-state index < -0.39 is 0 Å². The maximum absolute atomic E-state index is 6.88. The lowest BCUT2D eigenvalue weighted by Gasteiger charge is -2.32. The van der Waals surface area contributed by atoms with Crippen LogP contribution in [0.3, 0.4) is 0 Å². The molecular formula is C59H46N2O2. The minimum Gasteiger partial charge on any atom is -0.454 e. The van der Waals surface area contributed by atoms with Gasteiger partial charge in [-0.25, -0.2) is 0 Å². The van der Waals surface area contributed by atoms with Gasteiger partial charge in [0.2, 0.25) is 0 Å². The molecule has 4 nitrogen and oxygen atoms in total. The van der Waals surface area contributed by atoms with Gasteiger partial charge in [0.05, 0.1) is 22.7 Å². The first-order valence-electron chi connectivity index (χ1n) is 22.0. The molecule has 12 rings (SSSR count). The number of benzene rings is 10. The first-order chi connectivity index (χ1) is 30.7. The summed E-state index contributed by atoms with van der Waals surface area (Å²) in [5.74, 6) is 0.396. The maximum atomic E-state index is 6.88. The van der Waals surface area contributed by atoms with Crippen molar-refractivity contribution in [3.05, 3.63) is 192 Å². The molecule has 10 aromatic carbocycles. The van der Waals surface area contributed by atoms with E-state index in [-0.39, 0.29) is 0 Å². The lowest BCUT2D eigenvalue weighted by molar-refractivity contribution is 0.669. The number of para-hydroxylation sites is 4. The van der Waals surface area contributed by atoms with Gasteiger partial charge in [0, 0.05) is 49.1 Å². The van der Waals surface area contributed by atoms with Gasteiger partial charge in [-0.15, -0.1) is 0 Å². The van der Waals surface area contributed by atoms with Crippen LogP contribution in [-0.4, -0.2) is 0 Å². The van der Waals surface area contributed by atoms with Crippen LogP contribution in [0.1, 0.15) is 47.6 Å². The molecule has 0 saturated heterocycles. The number of rotatable bonds is 7. The molecule has 2 heterocycles. The molecule has 0 spiro atoms. The minimum absolute atomic E-state index is 0.396. The van der Waals surface area contributed by atoms with E-state index in [4.69, 9.17) is 8.83 Å². The van der Waals surface area contributed by atoms with Gasteiger partial charge < -0.3 is 18.6 Å². The van der Waals surface area contributed by atoms with E-state index in [1.165, 1.54) is 49.4 Å².